The molecule has 0 amide bonds. The molecule has 1 N–H and O–H groups in total. The van der Waals surface area contributed by atoms with Crippen molar-refractivity contribution in [3.05, 3.63) is 48.0 Å². The van der Waals surface area contributed by atoms with Crippen molar-refractivity contribution in [1.29, 1.82) is 0 Å². The van der Waals surface area contributed by atoms with E-state index >= 15 is 0 Å². The van der Waals surface area contributed by atoms with Gasteiger partial charge < -0.3 is 5.32 Å². The smallest absolute Gasteiger partial charge is 0.161 e. The van der Waals surface area contributed by atoms with E-state index in [0.29, 0.717) is 6.04 Å². The van der Waals surface area contributed by atoms with Crippen LogP contribution < -0.4 is 5.32 Å². The summed E-state index contributed by atoms with van der Waals surface area (Å²) in [6, 6.07) is 8.18. The maximum Gasteiger partial charge on any atom is 0.161 e. The van der Waals surface area contributed by atoms with Crippen molar-refractivity contribution in [2.24, 2.45) is 0 Å². The van der Waals surface area contributed by atoms with E-state index in [1.54, 1.807) is 0 Å². The van der Waals surface area contributed by atoms with Crippen LogP contribution in [0.1, 0.15) is 18.5 Å². The lowest BCUT2D eigenvalue weighted by Gasteiger charge is -2.10. The summed E-state index contributed by atoms with van der Waals surface area (Å²) in [6.45, 7) is 2.09. The topological polar surface area (TPSA) is 29.9 Å². The van der Waals surface area contributed by atoms with Crippen LogP contribution in [-0.4, -0.2) is 16.8 Å². The second-order valence-corrected chi connectivity index (χ2v) is 3.71. The molecule has 0 saturated heterocycles. The molecule has 0 aliphatic carbocycles. The summed E-state index contributed by atoms with van der Waals surface area (Å²) in [6.07, 6.45) is 2.56. The Morgan fingerprint density at radius 2 is 2.00 bits per heavy atom. The van der Waals surface area contributed by atoms with Crippen LogP contribution in [0, 0.1) is 5.82 Å². The maximum absolute atomic E-state index is 12.8. The van der Waals surface area contributed by atoms with Crippen LogP contribution >= 0.6 is 0 Å². The van der Waals surface area contributed by atoms with Crippen molar-refractivity contribution in [2.45, 2.75) is 13.0 Å². The van der Waals surface area contributed by atoms with Crippen molar-refractivity contribution in [2.75, 3.05) is 7.05 Å². The van der Waals surface area contributed by atoms with Gasteiger partial charge in [0.05, 0.1) is 18.1 Å². The Bertz CT molecular complexity index is 461. The van der Waals surface area contributed by atoms with Crippen LogP contribution in [-0.2, 0) is 0 Å². The van der Waals surface area contributed by atoms with E-state index in [1.807, 2.05) is 31.3 Å². The Morgan fingerprint density at radius 1 is 1.31 bits per heavy atom. The van der Waals surface area contributed by atoms with Crippen molar-refractivity contribution >= 4 is 0 Å². The Labute approximate surface area is 93.9 Å². The molecule has 16 heavy (non-hydrogen) atoms. The van der Waals surface area contributed by atoms with Gasteiger partial charge in [0.2, 0.25) is 0 Å². The van der Waals surface area contributed by atoms with Crippen LogP contribution in [0.2, 0.25) is 0 Å². The molecule has 2 aromatic rings. The predicted molar refractivity (Wildman–Crippen MR) is 61.0 cm³/mol. The Kier molecular flexibility index (Phi) is 3.01. The van der Waals surface area contributed by atoms with E-state index in [9.17, 15) is 4.39 Å². The summed E-state index contributed by atoms with van der Waals surface area (Å²) in [4.78, 5) is 0. The van der Waals surface area contributed by atoms with Gasteiger partial charge in [0.1, 0.15) is 0 Å². The number of rotatable bonds is 3. The highest BCUT2D eigenvalue weighted by atomic mass is 19.1. The molecular formula is C12H14FN3. The highest BCUT2D eigenvalue weighted by Gasteiger charge is 2.03. The van der Waals surface area contributed by atoms with Gasteiger partial charge in [-0.25, -0.2) is 9.07 Å². The standard InChI is InChI=1S/C12H14FN3/c1-9(14-2)10-3-5-12(6-4-10)16-8-11(13)7-15-16/h3-9,14H,1-2H3/t9-/m0/s1. The molecule has 1 heterocycles. The molecule has 3 nitrogen and oxygen atoms in total. The number of hydrogen-bond donors (Lipinski definition) is 1. The Balaban J connectivity index is 2.25. The zero-order chi connectivity index (χ0) is 11.5. The minimum Gasteiger partial charge on any atom is -0.313 e. The predicted octanol–water partition coefficient (Wildman–Crippen LogP) is 2.29. The fraction of sp³-hybridized carbons (Fsp3) is 0.250. The molecular weight excluding hydrogens is 205 g/mol. The number of benzene rings is 1. The van der Waals surface area contributed by atoms with Gasteiger partial charge in [-0.1, -0.05) is 12.1 Å². The van der Waals surface area contributed by atoms with Gasteiger partial charge in [0.15, 0.2) is 5.82 Å². The number of nitrogens with one attached hydrogen (secondary N) is 1. The zero-order valence-corrected chi connectivity index (χ0v) is 9.31. The second-order valence-electron chi connectivity index (χ2n) is 3.71. The van der Waals surface area contributed by atoms with Crippen molar-refractivity contribution < 1.29 is 4.39 Å². The van der Waals surface area contributed by atoms with E-state index in [1.165, 1.54) is 22.6 Å². The molecule has 0 radical (unpaired) electrons. The van der Waals surface area contributed by atoms with Crippen LogP contribution in [0.15, 0.2) is 36.7 Å². The molecule has 0 unspecified atom stereocenters. The molecule has 0 bridgehead atoms. The summed E-state index contributed by atoms with van der Waals surface area (Å²) in [5.74, 6) is -0.326. The van der Waals surface area contributed by atoms with Crippen molar-refractivity contribution in [3.8, 4) is 5.69 Å². The third-order valence-corrected chi connectivity index (χ3v) is 2.64. The normalized spacial score (nSPS) is 12.7. The van der Waals surface area contributed by atoms with E-state index in [2.05, 4.69) is 17.3 Å². The first-order valence-corrected chi connectivity index (χ1v) is 5.18. The molecule has 0 aliphatic heterocycles. The first-order valence-electron chi connectivity index (χ1n) is 5.18. The number of hydrogen-bond acceptors (Lipinski definition) is 2. The minimum absolute atomic E-state index is 0.309. The van der Waals surface area contributed by atoms with Gasteiger partial charge in [0.25, 0.3) is 0 Å². The van der Waals surface area contributed by atoms with Crippen LogP contribution in [0.3, 0.4) is 0 Å². The average molecular weight is 219 g/mol. The molecule has 4 heteroatoms. The molecule has 2 rings (SSSR count). The molecule has 84 valence electrons. The monoisotopic (exact) mass is 219 g/mol. The van der Waals surface area contributed by atoms with Crippen LogP contribution in [0.25, 0.3) is 5.69 Å². The average Bonchev–Trinajstić information content (AvgIpc) is 2.75. The van der Waals surface area contributed by atoms with Crippen molar-refractivity contribution in [3.63, 3.8) is 0 Å². The van der Waals surface area contributed by atoms with Gasteiger partial charge in [-0.15, -0.1) is 0 Å². The number of halogens is 1. The summed E-state index contributed by atoms with van der Waals surface area (Å²) >= 11 is 0. The third-order valence-electron chi connectivity index (χ3n) is 2.64. The lowest BCUT2D eigenvalue weighted by Crippen LogP contribution is -2.12. The van der Waals surface area contributed by atoms with Crippen LogP contribution in [0.5, 0.6) is 0 Å². The number of aromatic nitrogens is 2. The van der Waals surface area contributed by atoms with Gasteiger partial charge in [0, 0.05) is 6.04 Å². The molecule has 1 atom stereocenters. The summed E-state index contributed by atoms with van der Waals surface area (Å²) in [5, 5.41) is 7.07. The summed E-state index contributed by atoms with van der Waals surface area (Å²) in [7, 11) is 1.92. The molecule has 0 fully saturated rings. The molecule has 0 saturated carbocycles. The Hall–Kier alpha value is -1.68. The first-order chi connectivity index (χ1) is 7.70. The fourth-order valence-electron chi connectivity index (χ4n) is 1.52. The number of nitrogens with zero attached hydrogens (tertiary/aromatic N) is 2. The van der Waals surface area contributed by atoms with Crippen molar-refractivity contribution in [1.82, 2.24) is 15.1 Å². The second kappa shape index (κ2) is 4.45. The molecule has 1 aromatic carbocycles. The fourth-order valence-corrected chi connectivity index (χ4v) is 1.52. The van der Waals surface area contributed by atoms with E-state index in [4.69, 9.17) is 0 Å². The highest BCUT2D eigenvalue weighted by molar-refractivity contribution is 5.34. The summed E-state index contributed by atoms with van der Waals surface area (Å²) < 4.78 is 14.3. The molecule has 1 aromatic heterocycles. The lowest BCUT2D eigenvalue weighted by atomic mass is 10.1. The first kappa shape index (κ1) is 10.8. The maximum atomic E-state index is 12.8. The Morgan fingerprint density at radius 3 is 2.50 bits per heavy atom. The third kappa shape index (κ3) is 2.12. The van der Waals surface area contributed by atoms with Gasteiger partial charge in [-0.2, -0.15) is 5.10 Å². The van der Waals surface area contributed by atoms with Gasteiger partial charge in [-0.3, -0.25) is 0 Å². The van der Waals surface area contributed by atoms with Gasteiger partial charge in [-0.05, 0) is 31.7 Å². The SMILES string of the molecule is CN[C@@H](C)c1ccc(-n2cc(F)cn2)cc1. The largest absolute Gasteiger partial charge is 0.313 e. The van der Waals surface area contributed by atoms with E-state index < -0.39 is 0 Å². The lowest BCUT2D eigenvalue weighted by molar-refractivity contribution is 0.627. The van der Waals surface area contributed by atoms with E-state index in [-0.39, 0.29) is 5.82 Å². The minimum atomic E-state index is -0.326. The summed E-state index contributed by atoms with van der Waals surface area (Å²) in [5.41, 5.74) is 2.05. The molecule has 0 spiro atoms. The molecule has 0 aliphatic rings. The van der Waals surface area contributed by atoms with Gasteiger partial charge >= 0.3 is 0 Å². The van der Waals surface area contributed by atoms with E-state index in [0.717, 1.165) is 5.69 Å². The quantitative estimate of drug-likeness (QED) is 0.858. The van der Waals surface area contributed by atoms with Crippen LogP contribution in [0.4, 0.5) is 4.39 Å². The highest BCUT2D eigenvalue weighted by Crippen LogP contribution is 2.15. The zero-order valence-electron chi connectivity index (χ0n) is 9.31.